The van der Waals surface area contributed by atoms with Gasteiger partial charge in [-0.1, -0.05) is 200 Å². The molecule has 0 bridgehead atoms. The van der Waals surface area contributed by atoms with Crippen molar-refractivity contribution in [1.29, 1.82) is 0 Å². The number of fused-ring (bicyclic) bond motifs is 9. The normalized spacial score (nSPS) is 11.8. The molecule has 16 rings (SSSR count). The summed E-state index contributed by atoms with van der Waals surface area (Å²) in [5.74, 6) is 1.78. The highest BCUT2D eigenvalue weighted by Crippen LogP contribution is 2.46. The second kappa shape index (κ2) is 19.7. The summed E-state index contributed by atoms with van der Waals surface area (Å²) in [5.41, 5.74) is 23.1. The Kier molecular flexibility index (Phi) is 11.4. The van der Waals surface area contributed by atoms with Gasteiger partial charge in [-0.3, -0.25) is 0 Å². The molecule has 0 radical (unpaired) electrons. The fourth-order valence-corrected chi connectivity index (χ4v) is 13.4. The number of rotatable bonds is 9. The van der Waals surface area contributed by atoms with Gasteiger partial charge in [0.15, 0.2) is 17.5 Å². The molecule has 0 N–H and O–H groups in total. The Hall–Kier alpha value is -11.0. The highest BCUT2D eigenvalue weighted by atomic mass is 15.0. The van der Waals surface area contributed by atoms with Crippen LogP contribution in [0.15, 0.2) is 273 Å². The molecule has 6 nitrogen and oxygen atoms in total. The Bertz CT molecular complexity index is 4930. The Balaban J connectivity index is 1.04. The zero-order valence-electron chi connectivity index (χ0n) is 46.7. The predicted molar refractivity (Wildman–Crippen MR) is 350 cm³/mol. The number of benzene rings is 12. The number of nitrogens with zero attached hydrogens (tertiary/aromatic N) is 6. The van der Waals surface area contributed by atoms with Crippen molar-refractivity contribution in [3.8, 4) is 84.6 Å². The second-order valence-electron chi connectivity index (χ2n) is 22.2. The van der Waals surface area contributed by atoms with Crippen molar-refractivity contribution in [1.82, 2.24) is 28.7 Å². The van der Waals surface area contributed by atoms with Crippen LogP contribution in [0.5, 0.6) is 0 Å². The van der Waals surface area contributed by atoms with Crippen molar-refractivity contribution in [2.24, 2.45) is 0 Å². The van der Waals surface area contributed by atoms with Crippen LogP contribution in [0.3, 0.4) is 0 Å². The molecule has 0 amide bonds. The van der Waals surface area contributed by atoms with Gasteiger partial charge in [-0.2, -0.15) is 0 Å². The summed E-state index contributed by atoms with van der Waals surface area (Å²) in [4.78, 5) is 16.0. The van der Waals surface area contributed by atoms with Crippen molar-refractivity contribution in [2.45, 2.75) is 20.8 Å². The molecule has 396 valence electrons. The van der Waals surface area contributed by atoms with Gasteiger partial charge >= 0.3 is 0 Å². The second-order valence-corrected chi connectivity index (χ2v) is 22.2. The van der Waals surface area contributed by atoms with Gasteiger partial charge in [0.1, 0.15) is 0 Å². The third-order valence-electron chi connectivity index (χ3n) is 16.9. The van der Waals surface area contributed by atoms with Crippen molar-refractivity contribution < 1.29 is 0 Å². The molecule has 12 aromatic carbocycles. The Morgan fingerprint density at radius 1 is 0.250 bits per heavy atom. The van der Waals surface area contributed by atoms with E-state index in [1.807, 2.05) is 36.4 Å². The smallest absolute Gasteiger partial charge is 0.164 e. The van der Waals surface area contributed by atoms with E-state index in [-0.39, 0.29) is 0 Å². The Labute approximate surface area is 486 Å². The molecular formula is C78H54N6. The number of aryl methyl sites for hydroxylation is 3. The molecular weight excluding hydrogens is 1020 g/mol. The fourth-order valence-electron chi connectivity index (χ4n) is 13.4. The van der Waals surface area contributed by atoms with Crippen LogP contribution in [-0.4, -0.2) is 28.7 Å². The largest absolute Gasteiger partial charge is 0.309 e. The van der Waals surface area contributed by atoms with Crippen LogP contribution in [0, 0.1) is 20.8 Å². The molecule has 4 heterocycles. The van der Waals surface area contributed by atoms with Gasteiger partial charge in [0.05, 0.1) is 38.8 Å². The maximum absolute atomic E-state index is 5.44. The lowest BCUT2D eigenvalue weighted by atomic mass is 9.91. The van der Waals surface area contributed by atoms with E-state index < -0.39 is 0 Å². The molecule has 0 aliphatic heterocycles. The van der Waals surface area contributed by atoms with E-state index >= 15 is 0 Å². The van der Waals surface area contributed by atoms with Crippen molar-refractivity contribution in [3.05, 3.63) is 290 Å². The molecule has 0 atom stereocenters. The van der Waals surface area contributed by atoms with E-state index in [2.05, 4.69) is 271 Å². The first kappa shape index (κ1) is 48.9. The maximum Gasteiger partial charge on any atom is 0.164 e. The first-order valence-corrected chi connectivity index (χ1v) is 28.8. The van der Waals surface area contributed by atoms with Gasteiger partial charge in [-0.05, 0) is 133 Å². The van der Waals surface area contributed by atoms with Crippen molar-refractivity contribution in [2.75, 3.05) is 0 Å². The molecule has 0 aliphatic rings. The van der Waals surface area contributed by atoms with Gasteiger partial charge in [0, 0.05) is 71.5 Å². The quantitative estimate of drug-likeness (QED) is 0.145. The molecule has 0 aliphatic carbocycles. The van der Waals surface area contributed by atoms with E-state index in [1.165, 1.54) is 60.1 Å². The molecule has 6 heteroatoms. The minimum Gasteiger partial charge on any atom is -0.309 e. The van der Waals surface area contributed by atoms with E-state index in [4.69, 9.17) is 15.0 Å². The SMILES string of the molecule is Cc1cc(C)c(-c2ccc3c(c2)c2ccccc2n3-c2c(-c3cccc(-n4c5ccccc5c5ccccc54)c3)cc(-c3nc(-c4ccccc4)nc(-c4ccccc4)n3)cc2-c2cccc(-n3c4ccccc4c4ccccc43)c2)c(C)c1. The first-order chi connectivity index (χ1) is 41.4. The molecule has 0 unspecified atom stereocenters. The molecule has 0 saturated heterocycles. The number of hydrogen-bond acceptors (Lipinski definition) is 3. The lowest BCUT2D eigenvalue weighted by Crippen LogP contribution is -2.05. The fraction of sp³-hybridized carbons (Fsp3) is 0.0385. The van der Waals surface area contributed by atoms with Gasteiger partial charge in [0.25, 0.3) is 0 Å². The topological polar surface area (TPSA) is 53.5 Å². The molecule has 16 aromatic rings. The molecule has 0 fully saturated rings. The van der Waals surface area contributed by atoms with E-state index in [9.17, 15) is 0 Å². The van der Waals surface area contributed by atoms with Gasteiger partial charge in [-0.25, -0.2) is 15.0 Å². The van der Waals surface area contributed by atoms with Gasteiger partial charge < -0.3 is 13.7 Å². The van der Waals surface area contributed by atoms with E-state index in [0.29, 0.717) is 17.5 Å². The standard InChI is InChI=1S/C78H54N6/c1-49-42-50(2)74(51(3)43-49)56-40-41-73-67(46-56)64-34-14-19-39-72(64)84(73)75-65(54-26-20-28-58(44-54)82-68-35-15-10-30-60(68)61-31-11-16-36-69(61)82)47-57(78-80-76(52-22-6-4-7-23-52)79-77(81-78)53-24-8-5-9-25-53)48-66(75)55-27-21-29-59(45-55)83-70-37-17-12-32-62(70)63-33-13-18-38-71(63)83/h4-48H,1-3H3. The minimum absolute atomic E-state index is 0.574. The third kappa shape index (κ3) is 7.98. The van der Waals surface area contributed by atoms with Crippen LogP contribution in [-0.2, 0) is 0 Å². The van der Waals surface area contributed by atoms with Crippen LogP contribution < -0.4 is 0 Å². The summed E-state index contributed by atoms with van der Waals surface area (Å²) in [5, 5.41) is 7.21. The minimum atomic E-state index is 0.574. The van der Waals surface area contributed by atoms with Crippen molar-refractivity contribution in [3.63, 3.8) is 0 Å². The summed E-state index contributed by atoms with van der Waals surface area (Å²) in [6.07, 6.45) is 0. The number of hydrogen-bond donors (Lipinski definition) is 0. The highest BCUT2D eigenvalue weighted by molar-refractivity contribution is 6.13. The van der Waals surface area contributed by atoms with Crippen LogP contribution in [0.1, 0.15) is 16.7 Å². The summed E-state index contributed by atoms with van der Waals surface area (Å²) in [6.45, 7) is 6.66. The molecule has 0 saturated carbocycles. The lowest BCUT2D eigenvalue weighted by Gasteiger charge is -2.22. The lowest BCUT2D eigenvalue weighted by molar-refractivity contribution is 1.07. The Morgan fingerprint density at radius 3 is 1.05 bits per heavy atom. The average Bonchev–Trinajstić information content (AvgIpc) is 3.98. The average molecular weight is 1080 g/mol. The number of para-hydroxylation sites is 5. The highest BCUT2D eigenvalue weighted by Gasteiger charge is 2.25. The maximum atomic E-state index is 5.44. The first-order valence-electron chi connectivity index (χ1n) is 28.8. The predicted octanol–water partition coefficient (Wildman–Crippen LogP) is 20.1. The number of aromatic nitrogens is 6. The van der Waals surface area contributed by atoms with E-state index in [1.54, 1.807) is 0 Å². The van der Waals surface area contributed by atoms with Crippen LogP contribution in [0.2, 0.25) is 0 Å². The van der Waals surface area contributed by atoms with E-state index in [0.717, 1.165) is 89.1 Å². The third-order valence-corrected chi connectivity index (χ3v) is 16.9. The Morgan fingerprint density at radius 2 is 0.607 bits per heavy atom. The van der Waals surface area contributed by atoms with Gasteiger partial charge in [0.2, 0.25) is 0 Å². The summed E-state index contributed by atoms with van der Waals surface area (Å²) >= 11 is 0. The summed E-state index contributed by atoms with van der Waals surface area (Å²) in [6, 6.07) is 98.9. The molecule has 84 heavy (non-hydrogen) atoms. The monoisotopic (exact) mass is 1070 g/mol. The van der Waals surface area contributed by atoms with Crippen LogP contribution >= 0.6 is 0 Å². The summed E-state index contributed by atoms with van der Waals surface area (Å²) in [7, 11) is 0. The van der Waals surface area contributed by atoms with Crippen LogP contribution in [0.25, 0.3) is 150 Å². The van der Waals surface area contributed by atoms with Crippen LogP contribution in [0.4, 0.5) is 0 Å². The zero-order chi connectivity index (χ0) is 56.0. The molecule has 4 aromatic heterocycles. The summed E-state index contributed by atoms with van der Waals surface area (Å²) < 4.78 is 7.35. The van der Waals surface area contributed by atoms with Crippen molar-refractivity contribution >= 4 is 65.4 Å². The zero-order valence-corrected chi connectivity index (χ0v) is 46.7. The molecule has 0 spiro atoms. The van der Waals surface area contributed by atoms with Gasteiger partial charge in [-0.15, -0.1) is 0 Å².